The van der Waals surface area contributed by atoms with Gasteiger partial charge in [-0.25, -0.2) is 9.59 Å². The number of rotatable bonds is 7. The molecule has 2 heterocycles. The highest BCUT2D eigenvalue weighted by molar-refractivity contribution is 6.24. The van der Waals surface area contributed by atoms with E-state index in [-0.39, 0.29) is 13.1 Å². The van der Waals surface area contributed by atoms with E-state index in [1.807, 2.05) is 60.7 Å². The number of amides is 8. The van der Waals surface area contributed by atoms with Crippen LogP contribution < -0.4 is 10.6 Å². The van der Waals surface area contributed by atoms with Crippen LogP contribution in [0.15, 0.2) is 60.7 Å². The molecule has 0 bridgehead atoms. The third kappa shape index (κ3) is 4.56. The average Bonchev–Trinajstić information content (AvgIpc) is 2.82. The van der Waals surface area contributed by atoms with Crippen molar-refractivity contribution in [2.45, 2.75) is 12.8 Å². The Morgan fingerprint density at radius 1 is 0.559 bits per heavy atom. The lowest BCUT2D eigenvalue weighted by molar-refractivity contribution is -0.157. The second kappa shape index (κ2) is 9.65. The summed E-state index contributed by atoms with van der Waals surface area (Å²) in [6.07, 6.45) is 0.654. The van der Waals surface area contributed by atoms with Crippen LogP contribution in [0.5, 0.6) is 0 Å². The van der Waals surface area contributed by atoms with E-state index in [2.05, 4.69) is 10.6 Å². The van der Waals surface area contributed by atoms with Crippen molar-refractivity contribution in [1.82, 2.24) is 20.4 Å². The number of imide groups is 4. The van der Waals surface area contributed by atoms with E-state index in [0.29, 0.717) is 12.8 Å². The van der Waals surface area contributed by atoms with Gasteiger partial charge in [0.2, 0.25) is 23.6 Å². The Morgan fingerprint density at radius 3 is 1.26 bits per heavy atom. The molecule has 2 unspecified atom stereocenters. The molecule has 2 aliphatic heterocycles. The van der Waals surface area contributed by atoms with Crippen LogP contribution in [0.2, 0.25) is 0 Å². The Labute approximate surface area is 194 Å². The Kier molecular flexibility index (Phi) is 6.48. The molecule has 34 heavy (non-hydrogen) atoms. The highest BCUT2D eigenvalue weighted by Gasteiger charge is 2.54. The quantitative estimate of drug-likeness (QED) is 0.587. The van der Waals surface area contributed by atoms with Gasteiger partial charge in [-0.05, 0) is 24.0 Å². The molecule has 2 aromatic carbocycles. The Balaban J connectivity index is 1.52. The number of benzene rings is 2. The molecule has 2 N–H and O–H groups in total. The van der Waals surface area contributed by atoms with E-state index < -0.39 is 47.5 Å². The SMILES string of the molecule is O=C1NC(=O)N(CCc2ccccc2)C(=O)C1C1C(=O)NC(=O)N(CCc2ccccc2)C1=O. The highest BCUT2D eigenvalue weighted by Crippen LogP contribution is 2.25. The Morgan fingerprint density at radius 2 is 0.912 bits per heavy atom. The smallest absolute Gasteiger partial charge is 0.277 e. The van der Waals surface area contributed by atoms with E-state index in [1.54, 1.807) is 0 Å². The molecule has 2 aliphatic rings. The number of barbiturate groups is 2. The first-order valence-corrected chi connectivity index (χ1v) is 10.8. The van der Waals surface area contributed by atoms with Crippen molar-refractivity contribution in [3.8, 4) is 0 Å². The molecular formula is C24H22N4O6. The lowest BCUT2D eigenvalue weighted by Gasteiger charge is -2.37. The first-order chi connectivity index (χ1) is 16.4. The predicted molar refractivity (Wildman–Crippen MR) is 118 cm³/mol. The van der Waals surface area contributed by atoms with Gasteiger partial charge in [-0.15, -0.1) is 0 Å². The van der Waals surface area contributed by atoms with Gasteiger partial charge in [0.15, 0.2) is 0 Å². The van der Waals surface area contributed by atoms with Gasteiger partial charge in [0.25, 0.3) is 0 Å². The highest BCUT2D eigenvalue weighted by atomic mass is 16.2. The van der Waals surface area contributed by atoms with Crippen molar-refractivity contribution >= 4 is 35.7 Å². The third-order valence-corrected chi connectivity index (χ3v) is 5.85. The normalized spacial score (nSPS) is 20.9. The third-order valence-electron chi connectivity index (χ3n) is 5.85. The summed E-state index contributed by atoms with van der Waals surface area (Å²) < 4.78 is 0. The van der Waals surface area contributed by atoms with Crippen LogP contribution in [0.1, 0.15) is 11.1 Å². The van der Waals surface area contributed by atoms with Gasteiger partial charge in [0.05, 0.1) is 0 Å². The zero-order valence-corrected chi connectivity index (χ0v) is 18.1. The number of nitrogens with one attached hydrogen (secondary N) is 2. The summed E-state index contributed by atoms with van der Waals surface area (Å²) >= 11 is 0. The summed E-state index contributed by atoms with van der Waals surface area (Å²) in [6, 6.07) is 16.4. The summed E-state index contributed by atoms with van der Waals surface area (Å²) in [4.78, 5) is 77.7. The second-order valence-corrected chi connectivity index (χ2v) is 8.00. The molecule has 2 fully saturated rings. The molecule has 0 aliphatic carbocycles. The molecule has 2 atom stereocenters. The first-order valence-electron chi connectivity index (χ1n) is 10.8. The lowest BCUT2D eigenvalue weighted by atomic mass is 9.85. The molecule has 2 aromatic rings. The van der Waals surface area contributed by atoms with E-state index in [1.165, 1.54) is 0 Å². The maximum absolute atomic E-state index is 13.1. The number of carbonyl (C=O) groups is 6. The number of hydrogen-bond donors (Lipinski definition) is 2. The summed E-state index contributed by atoms with van der Waals surface area (Å²) in [5, 5.41) is 4.12. The van der Waals surface area contributed by atoms with Crippen LogP contribution in [0, 0.1) is 11.8 Å². The zero-order valence-electron chi connectivity index (χ0n) is 18.1. The number of urea groups is 2. The van der Waals surface area contributed by atoms with Crippen molar-refractivity contribution < 1.29 is 28.8 Å². The molecular weight excluding hydrogens is 440 g/mol. The lowest BCUT2D eigenvalue weighted by Crippen LogP contribution is -2.67. The van der Waals surface area contributed by atoms with Crippen LogP contribution in [0.25, 0.3) is 0 Å². The summed E-state index contributed by atoms with van der Waals surface area (Å²) in [6.45, 7) is -0.0880. The van der Waals surface area contributed by atoms with Crippen LogP contribution >= 0.6 is 0 Å². The molecule has 8 amide bonds. The largest absolute Gasteiger partial charge is 0.330 e. The number of carbonyl (C=O) groups excluding carboxylic acids is 6. The molecule has 10 nitrogen and oxygen atoms in total. The maximum atomic E-state index is 13.1. The second-order valence-electron chi connectivity index (χ2n) is 8.00. The Bertz CT molecular complexity index is 1060. The monoisotopic (exact) mass is 462 g/mol. The van der Waals surface area contributed by atoms with Crippen molar-refractivity contribution in [1.29, 1.82) is 0 Å². The van der Waals surface area contributed by atoms with Crippen LogP contribution in [0.4, 0.5) is 9.59 Å². The standard InChI is InChI=1S/C24H22N4O6/c29-19-17(21(31)27(23(33)25-19)13-11-15-7-3-1-4-8-15)18-20(30)26-24(34)28(22(18)32)14-12-16-9-5-2-6-10-16/h1-10,17-18H,11-14H2,(H,25,29,33)(H,26,30,34). The van der Waals surface area contributed by atoms with E-state index >= 15 is 0 Å². The molecule has 0 saturated carbocycles. The van der Waals surface area contributed by atoms with Gasteiger partial charge in [-0.3, -0.25) is 39.6 Å². The summed E-state index contributed by atoms with van der Waals surface area (Å²) in [5.41, 5.74) is 1.72. The van der Waals surface area contributed by atoms with Gasteiger partial charge in [0, 0.05) is 13.1 Å². The number of hydrogen-bond acceptors (Lipinski definition) is 6. The fourth-order valence-corrected chi connectivity index (χ4v) is 4.04. The topological polar surface area (TPSA) is 133 Å². The van der Waals surface area contributed by atoms with Gasteiger partial charge in [-0.2, -0.15) is 0 Å². The van der Waals surface area contributed by atoms with Crippen molar-refractivity contribution in [3.05, 3.63) is 71.8 Å². The first kappa shape index (κ1) is 22.8. The average molecular weight is 462 g/mol. The molecule has 0 radical (unpaired) electrons. The van der Waals surface area contributed by atoms with Crippen LogP contribution in [0.3, 0.4) is 0 Å². The van der Waals surface area contributed by atoms with Crippen molar-refractivity contribution in [3.63, 3.8) is 0 Å². The maximum Gasteiger partial charge on any atom is 0.330 e. The number of nitrogens with zero attached hydrogens (tertiary/aromatic N) is 2. The predicted octanol–water partition coefficient (Wildman–Crippen LogP) is 0.861. The minimum atomic E-state index is -1.76. The fraction of sp³-hybridized carbons (Fsp3) is 0.250. The van der Waals surface area contributed by atoms with Gasteiger partial charge < -0.3 is 0 Å². The van der Waals surface area contributed by atoms with Crippen molar-refractivity contribution in [2.75, 3.05) is 13.1 Å². The van der Waals surface area contributed by atoms with E-state index in [0.717, 1.165) is 20.9 Å². The summed E-state index contributed by atoms with van der Waals surface area (Å²) in [7, 11) is 0. The summed E-state index contributed by atoms with van der Waals surface area (Å²) in [5.74, 6) is -7.50. The molecule has 0 aromatic heterocycles. The van der Waals surface area contributed by atoms with Gasteiger partial charge >= 0.3 is 12.1 Å². The Hall–Kier alpha value is -4.34. The van der Waals surface area contributed by atoms with Gasteiger partial charge in [0.1, 0.15) is 11.8 Å². The molecule has 10 heteroatoms. The van der Waals surface area contributed by atoms with Gasteiger partial charge in [-0.1, -0.05) is 60.7 Å². The van der Waals surface area contributed by atoms with E-state index in [4.69, 9.17) is 0 Å². The van der Waals surface area contributed by atoms with Crippen LogP contribution in [-0.4, -0.2) is 58.6 Å². The van der Waals surface area contributed by atoms with Crippen molar-refractivity contribution in [2.24, 2.45) is 11.8 Å². The fourth-order valence-electron chi connectivity index (χ4n) is 4.04. The molecule has 0 spiro atoms. The minimum absolute atomic E-state index is 0.0440. The molecule has 174 valence electrons. The van der Waals surface area contributed by atoms with Crippen LogP contribution in [-0.2, 0) is 32.0 Å². The van der Waals surface area contributed by atoms with E-state index in [9.17, 15) is 28.8 Å². The zero-order chi connectivity index (χ0) is 24.2. The molecule has 2 saturated heterocycles. The minimum Gasteiger partial charge on any atom is -0.277 e. The molecule has 4 rings (SSSR count).